The van der Waals surface area contributed by atoms with Crippen molar-refractivity contribution in [2.45, 2.75) is 45.4 Å². The minimum Gasteiger partial charge on any atom is -0.493 e. The highest BCUT2D eigenvalue weighted by Gasteiger charge is 2.34. The molecule has 0 aliphatic carbocycles. The molecule has 3 rings (SSSR count). The summed E-state index contributed by atoms with van der Waals surface area (Å²) in [5.74, 6) is 3.46. The summed E-state index contributed by atoms with van der Waals surface area (Å²) in [5.41, 5.74) is 1.77. The molecular weight excluding hydrogens is 521 g/mol. The number of methoxy groups -OCH3 is 3. The Labute approximate surface area is 207 Å². The summed E-state index contributed by atoms with van der Waals surface area (Å²) >= 11 is 0. The third-order valence-corrected chi connectivity index (χ3v) is 5.22. The Hall–Kier alpha value is -2.36. The molecule has 8 heteroatoms. The number of halogens is 1. The zero-order valence-electron chi connectivity index (χ0n) is 19.7. The van der Waals surface area contributed by atoms with E-state index in [9.17, 15) is 0 Å². The van der Waals surface area contributed by atoms with Crippen LogP contribution in [0.5, 0.6) is 23.0 Å². The predicted octanol–water partition coefficient (Wildman–Crippen LogP) is 4.69. The summed E-state index contributed by atoms with van der Waals surface area (Å²) in [6.07, 6.45) is 0.827. The zero-order valence-corrected chi connectivity index (χ0v) is 22.0. The molecule has 0 amide bonds. The average molecular weight is 555 g/mol. The number of aliphatic imine (C=N–C) groups is 1. The van der Waals surface area contributed by atoms with E-state index in [0.717, 1.165) is 35.8 Å². The van der Waals surface area contributed by atoms with E-state index in [4.69, 9.17) is 23.9 Å². The average Bonchev–Trinajstić information content (AvgIpc) is 2.75. The summed E-state index contributed by atoms with van der Waals surface area (Å²) in [6.45, 7) is 7.44. The normalized spacial score (nSPS) is 16.7. The first-order valence-corrected chi connectivity index (χ1v) is 10.5. The highest BCUT2D eigenvalue weighted by atomic mass is 127. The van der Waals surface area contributed by atoms with Crippen molar-refractivity contribution >= 4 is 29.9 Å². The van der Waals surface area contributed by atoms with Crippen molar-refractivity contribution < 1.29 is 18.9 Å². The third kappa shape index (κ3) is 5.90. The van der Waals surface area contributed by atoms with Gasteiger partial charge < -0.3 is 29.6 Å². The van der Waals surface area contributed by atoms with Gasteiger partial charge >= 0.3 is 0 Å². The van der Waals surface area contributed by atoms with Crippen LogP contribution in [0.15, 0.2) is 41.4 Å². The van der Waals surface area contributed by atoms with Crippen LogP contribution in [-0.4, -0.2) is 39.4 Å². The highest BCUT2D eigenvalue weighted by Crippen LogP contribution is 2.41. The Bertz CT molecular complexity index is 933. The number of rotatable bonds is 7. The fourth-order valence-corrected chi connectivity index (χ4v) is 3.87. The lowest BCUT2D eigenvalue weighted by Crippen LogP contribution is -2.45. The molecule has 32 heavy (non-hydrogen) atoms. The first-order valence-electron chi connectivity index (χ1n) is 10.5. The van der Waals surface area contributed by atoms with E-state index < -0.39 is 0 Å². The lowest BCUT2D eigenvalue weighted by Gasteiger charge is -2.38. The summed E-state index contributed by atoms with van der Waals surface area (Å²) < 4.78 is 22.6. The van der Waals surface area contributed by atoms with Crippen molar-refractivity contribution in [3.8, 4) is 23.0 Å². The largest absolute Gasteiger partial charge is 0.493 e. The van der Waals surface area contributed by atoms with Gasteiger partial charge in [-0.2, -0.15) is 0 Å². The van der Waals surface area contributed by atoms with Crippen LogP contribution >= 0.6 is 24.0 Å². The minimum absolute atomic E-state index is 0. The molecule has 0 aromatic heterocycles. The molecule has 0 saturated carbocycles. The van der Waals surface area contributed by atoms with Crippen molar-refractivity contribution in [2.75, 3.05) is 27.9 Å². The van der Waals surface area contributed by atoms with E-state index in [-0.39, 0.29) is 35.6 Å². The van der Waals surface area contributed by atoms with Gasteiger partial charge in [0.15, 0.2) is 17.5 Å². The Balaban J connectivity index is 0.00000363. The van der Waals surface area contributed by atoms with Gasteiger partial charge in [0.05, 0.1) is 33.9 Å². The molecule has 0 radical (unpaired) electrons. The molecule has 2 aromatic carbocycles. The van der Waals surface area contributed by atoms with Gasteiger partial charge in [-0.25, -0.2) is 4.99 Å². The van der Waals surface area contributed by atoms with E-state index in [1.54, 1.807) is 21.3 Å². The molecule has 176 valence electrons. The van der Waals surface area contributed by atoms with Crippen molar-refractivity contribution in [1.82, 2.24) is 10.6 Å². The van der Waals surface area contributed by atoms with Crippen LogP contribution in [0.4, 0.5) is 0 Å². The quantitative estimate of drug-likeness (QED) is 0.294. The third-order valence-electron chi connectivity index (χ3n) is 5.22. The van der Waals surface area contributed by atoms with Crippen molar-refractivity contribution in [3.05, 3.63) is 47.5 Å². The number of hydrogen-bond donors (Lipinski definition) is 2. The maximum atomic E-state index is 6.16. The number of ether oxygens (including phenoxy) is 4. The van der Waals surface area contributed by atoms with Crippen molar-refractivity contribution in [1.29, 1.82) is 0 Å². The lowest BCUT2D eigenvalue weighted by molar-refractivity contribution is 0.0694. The van der Waals surface area contributed by atoms with Gasteiger partial charge in [-0.3, -0.25) is 0 Å². The van der Waals surface area contributed by atoms with E-state index in [0.29, 0.717) is 23.8 Å². The van der Waals surface area contributed by atoms with Crippen LogP contribution in [0.25, 0.3) is 0 Å². The second-order valence-electron chi connectivity index (χ2n) is 7.99. The van der Waals surface area contributed by atoms with Crippen LogP contribution in [0.3, 0.4) is 0 Å². The Morgan fingerprint density at radius 2 is 1.78 bits per heavy atom. The molecule has 2 aromatic rings. The molecule has 0 spiro atoms. The maximum Gasteiger partial charge on any atom is 0.203 e. The van der Waals surface area contributed by atoms with Gasteiger partial charge in [0.1, 0.15) is 11.4 Å². The number of guanidine groups is 1. The number of fused-ring (bicyclic) bond motifs is 1. The van der Waals surface area contributed by atoms with E-state index in [2.05, 4.69) is 37.5 Å². The van der Waals surface area contributed by atoms with Gasteiger partial charge in [0, 0.05) is 24.1 Å². The Morgan fingerprint density at radius 3 is 2.44 bits per heavy atom. The second-order valence-corrected chi connectivity index (χ2v) is 7.99. The molecular formula is C24H34IN3O4. The molecule has 1 atom stereocenters. The number of benzene rings is 2. The van der Waals surface area contributed by atoms with Crippen LogP contribution in [-0.2, 0) is 6.54 Å². The molecule has 1 heterocycles. The fraction of sp³-hybridized carbons (Fsp3) is 0.458. The number of para-hydroxylation sites is 1. The standard InChI is InChI=1S/C24H33N3O4.HI/c1-7-25-23(26-15-16-12-13-20(28-4)22(30-6)21(16)29-5)27-18-14-24(2,3)31-19-11-9-8-10-17(18)19;/h8-13,18H,7,14-15H2,1-6H3,(H2,25,26,27);1H. The second kappa shape index (κ2) is 11.5. The molecule has 1 aliphatic heterocycles. The van der Waals surface area contributed by atoms with Crippen molar-refractivity contribution in [3.63, 3.8) is 0 Å². The number of nitrogens with zero attached hydrogens (tertiary/aromatic N) is 1. The fourth-order valence-electron chi connectivity index (χ4n) is 3.87. The van der Waals surface area contributed by atoms with E-state index >= 15 is 0 Å². The van der Waals surface area contributed by atoms with Crippen LogP contribution in [0, 0.1) is 0 Å². The molecule has 0 saturated heterocycles. The molecule has 7 nitrogen and oxygen atoms in total. The monoisotopic (exact) mass is 555 g/mol. The lowest BCUT2D eigenvalue weighted by atomic mass is 9.90. The highest BCUT2D eigenvalue weighted by molar-refractivity contribution is 14.0. The SMILES string of the molecule is CCNC(=NCc1ccc(OC)c(OC)c1OC)NC1CC(C)(C)Oc2ccccc21.I. The van der Waals surface area contributed by atoms with Gasteiger partial charge in [-0.1, -0.05) is 18.2 Å². The summed E-state index contributed by atoms with van der Waals surface area (Å²) in [7, 11) is 4.83. The molecule has 1 unspecified atom stereocenters. The van der Waals surface area contributed by atoms with Gasteiger partial charge in [0.25, 0.3) is 0 Å². The summed E-state index contributed by atoms with van der Waals surface area (Å²) in [5, 5.41) is 6.94. The zero-order chi connectivity index (χ0) is 22.4. The van der Waals surface area contributed by atoms with Crippen molar-refractivity contribution in [2.24, 2.45) is 4.99 Å². The maximum absolute atomic E-state index is 6.16. The molecule has 0 fully saturated rings. The van der Waals surface area contributed by atoms with Gasteiger partial charge in [-0.05, 0) is 39.0 Å². The van der Waals surface area contributed by atoms with E-state index in [1.165, 1.54) is 0 Å². The first kappa shape index (κ1) is 25.9. The molecule has 0 bridgehead atoms. The smallest absolute Gasteiger partial charge is 0.203 e. The summed E-state index contributed by atoms with van der Waals surface area (Å²) in [4.78, 5) is 4.82. The van der Waals surface area contributed by atoms with Crippen LogP contribution in [0.1, 0.15) is 44.4 Å². The van der Waals surface area contributed by atoms with Gasteiger partial charge in [-0.15, -0.1) is 24.0 Å². The number of nitrogens with one attached hydrogen (secondary N) is 2. The van der Waals surface area contributed by atoms with Gasteiger partial charge in [0.2, 0.25) is 5.75 Å². The Kier molecular flexibility index (Phi) is 9.30. The number of hydrogen-bond acceptors (Lipinski definition) is 5. The summed E-state index contributed by atoms with van der Waals surface area (Å²) in [6, 6.07) is 12.1. The molecule has 2 N–H and O–H groups in total. The first-order chi connectivity index (χ1) is 14.9. The minimum atomic E-state index is -0.268. The van der Waals surface area contributed by atoms with Crippen LogP contribution in [0.2, 0.25) is 0 Å². The predicted molar refractivity (Wildman–Crippen MR) is 138 cm³/mol. The van der Waals surface area contributed by atoms with Crippen LogP contribution < -0.4 is 29.6 Å². The van der Waals surface area contributed by atoms with E-state index in [1.807, 2.05) is 30.3 Å². The Morgan fingerprint density at radius 1 is 1.06 bits per heavy atom. The molecule has 1 aliphatic rings. The topological polar surface area (TPSA) is 73.3 Å².